The van der Waals surface area contributed by atoms with Crippen LogP contribution in [0.1, 0.15) is 24.2 Å². The van der Waals surface area contributed by atoms with Gasteiger partial charge in [-0.3, -0.25) is 4.79 Å². The average Bonchev–Trinajstić information content (AvgIpc) is 2.61. The molecule has 1 amide bonds. The molecule has 0 radical (unpaired) electrons. The molecule has 0 spiro atoms. The fourth-order valence-electron chi connectivity index (χ4n) is 2.69. The molecular weight excluding hydrogens is 330 g/mol. The first-order chi connectivity index (χ1) is 12.4. The topological polar surface area (TPSA) is 100 Å². The van der Waals surface area contributed by atoms with Crippen molar-refractivity contribution >= 4 is 34.3 Å². The number of ether oxygens (including phenoxy) is 1. The van der Waals surface area contributed by atoms with E-state index in [0.29, 0.717) is 17.0 Å². The van der Waals surface area contributed by atoms with Crippen LogP contribution in [0.15, 0.2) is 30.3 Å². The first-order valence-electron chi connectivity index (χ1n) is 8.49. The van der Waals surface area contributed by atoms with E-state index >= 15 is 0 Å². The van der Waals surface area contributed by atoms with E-state index in [4.69, 9.17) is 10.5 Å². The van der Waals surface area contributed by atoms with Gasteiger partial charge in [-0.15, -0.1) is 0 Å². The molecule has 2 aromatic carbocycles. The highest BCUT2D eigenvalue weighted by molar-refractivity contribution is 6.03. The summed E-state index contributed by atoms with van der Waals surface area (Å²) in [6.45, 7) is 3.80. The lowest BCUT2D eigenvalue weighted by Gasteiger charge is -2.21. The molecule has 0 saturated heterocycles. The molecule has 2 rings (SSSR count). The Morgan fingerprint density at radius 3 is 2.08 bits per heavy atom. The lowest BCUT2D eigenvalue weighted by Crippen LogP contribution is -2.17. The monoisotopic (exact) mass is 357 g/mol. The highest BCUT2D eigenvalue weighted by Gasteiger charge is 2.18. The lowest BCUT2D eigenvalue weighted by atomic mass is 10.1. The van der Waals surface area contributed by atoms with E-state index in [1.54, 1.807) is 12.1 Å². The molecule has 0 aliphatic heterocycles. The van der Waals surface area contributed by atoms with Gasteiger partial charge < -0.3 is 31.7 Å². The fourth-order valence-corrected chi connectivity index (χ4v) is 2.69. The molecule has 7 nitrogen and oxygen atoms in total. The molecule has 0 atom stereocenters. The van der Waals surface area contributed by atoms with Crippen LogP contribution in [0.25, 0.3) is 0 Å². The van der Waals surface area contributed by atoms with E-state index in [9.17, 15) is 4.79 Å². The van der Waals surface area contributed by atoms with Gasteiger partial charge in [0.1, 0.15) is 11.3 Å². The predicted molar refractivity (Wildman–Crippen MR) is 109 cm³/mol. The Labute approximate surface area is 154 Å². The Hall–Kier alpha value is -3.09. The number of hydrogen-bond acceptors (Lipinski definition) is 6. The third-order valence-corrected chi connectivity index (χ3v) is 3.86. The minimum absolute atomic E-state index is 0.0704. The summed E-state index contributed by atoms with van der Waals surface area (Å²) < 4.78 is 5.75. The van der Waals surface area contributed by atoms with Gasteiger partial charge in [-0.2, -0.15) is 0 Å². The third kappa shape index (κ3) is 4.11. The Kier molecular flexibility index (Phi) is 6.16. The zero-order valence-electron chi connectivity index (χ0n) is 15.9. The molecule has 0 fully saturated rings. The molecule has 6 N–H and O–H groups in total. The van der Waals surface area contributed by atoms with Crippen molar-refractivity contribution in [3.05, 3.63) is 35.9 Å². The largest absolute Gasteiger partial charge is 0.490 e. The van der Waals surface area contributed by atoms with E-state index in [2.05, 4.69) is 21.3 Å². The smallest absolute Gasteiger partial charge is 0.254 e. The molecule has 140 valence electrons. The number of amides is 1. The fraction of sp³-hybridized carbons (Fsp3) is 0.316. The van der Waals surface area contributed by atoms with Gasteiger partial charge in [-0.25, -0.2) is 0 Å². The summed E-state index contributed by atoms with van der Waals surface area (Å²) in [5.41, 5.74) is 10.0. The molecule has 26 heavy (non-hydrogen) atoms. The summed E-state index contributed by atoms with van der Waals surface area (Å²) in [6.07, 6.45) is -0.0704. The summed E-state index contributed by atoms with van der Waals surface area (Å²) >= 11 is 0. The third-order valence-electron chi connectivity index (χ3n) is 3.86. The van der Waals surface area contributed by atoms with Crippen molar-refractivity contribution in [3.63, 3.8) is 0 Å². The number of benzene rings is 2. The maximum Gasteiger partial charge on any atom is 0.254 e. The van der Waals surface area contributed by atoms with E-state index in [1.807, 2.05) is 53.2 Å². The van der Waals surface area contributed by atoms with Crippen LogP contribution in [0, 0.1) is 0 Å². The maximum atomic E-state index is 12.1. The number of anilines is 5. The van der Waals surface area contributed by atoms with Gasteiger partial charge in [0.15, 0.2) is 0 Å². The summed E-state index contributed by atoms with van der Waals surface area (Å²) in [4.78, 5) is 12.1. The quantitative estimate of drug-likeness (QED) is 0.496. The SMILES string of the molecule is CNc1cc(NC)c(Nc2cccc(OC(C)C)c2C(N)=O)c(NC)c1. The van der Waals surface area contributed by atoms with Crippen molar-refractivity contribution in [2.24, 2.45) is 5.73 Å². The van der Waals surface area contributed by atoms with Crippen LogP contribution in [-0.4, -0.2) is 33.2 Å². The number of nitrogens with two attached hydrogens (primary N) is 1. The molecule has 0 aromatic heterocycles. The molecule has 7 heteroatoms. The van der Waals surface area contributed by atoms with Crippen molar-refractivity contribution < 1.29 is 9.53 Å². The highest BCUT2D eigenvalue weighted by Crippen LogP contribution is 2.38. The maximum absolute atomic E-state index is 12.1. The second kappa shape index (κ2) is 8.33. The van der Waals surface area contributed by atoms with Crippen LogP contribution in [0.2, 0.25) is 0 Å². The number of carbonyl (C=O) groups is 1. The van der Waals surface area contributed by atoms with Crippen molar-refractivity contribution in [2.45, 2.75) is 20.0 Å². The summed E-state index contributed by atoms with van der Waals surface area (Å²) in [5, 5.41) is 12.8. The van der Waals surface area contributed by atoms with E-state index in [-0.39, 0.29) is 6.10 Å². The van der Waals surface area contributed by atoms with Crippen molar-refractivity contribution in [3.8, 4) is 5.75 Å². The Balaban J connectivity index is 2.56. The first-order valence-corrected chi connectivity index (χ1v) is 8.49. The van der Waals surface area contributed by atoms with Crippen molar-refractivity contribution in [1.82, 2.24) is 0 Å². The molecule has 2 aromatic rings. The number of carbonyl (C=O) groups excluding carboxylic acids is 1. The molecule has 0 saturated carbocycles. The zero-order chi connectivity index (χ0) is 19.3. The van der Waals surface area contributed by atoms with Crippen molar-refractivity contribution in [1.29, 1.82) is 0 Å². The first kappa shape index (κ1) is 19.2. The number of nitrogens with one attached hydrogen (secondary N) is 4. The van der Waals surface area contributed by atoms with Gasteiger partial charge in [-0.1, -0.05) is 6.07 Å². The standard InChI is InChI=1S/C19H27N5O2/c1-11(2)26-16-8-6-7-13(17(16)19(20)25)24-18-14(22-4)9-12(21-3)10-15(18)23-5/h6-11,21-24H,1-5H3,(H2,20,25). The number of rotatable bonds is 8. The molecule has 0 heterocycles. The van der Waals surface area contributed by atoms with Gasteiger partial charge >= 0.3 is 0 Å². The molecule has 0 bridgehead atoms. The normalized spacial score (nSPS) is 10.4. The van der Waals surface area contributed by atoms with E-state index in [0.717, 1.165) is 22.7 Å². The molecule has 0 unspecified atom stereocenters. The summed E-state index contributed by atoms with van der Waals surface area (Å²) in [6, 6.07) is 9.32. The Morgan fingerprint density at radius 2 is 1.62 bits per heavy atom. The van der Waals surface area contributed by atoms with Gasteiger partial charge in [0.2, 0.25) is 0 Å². The minimum atomic E-state index is -0.549. The minimum Gasteiger partial charge on any atom is -0.490 e. The van der Waals surface area contributed by atoms with Crippen LogP contribution in [0.5, 0.6) is 5.75 Å². The van der Waals surface area contributed by atoms with Crippen LogP contribution in [0.4, 0.5) is 28.4 Å². The van der Waals surface area contributed by atoms with E-state index in [1.165, 1.54) is 0 Å². The number of primary amides is 1. The summed E-state index contributed by atoms with van der Waals surface area (Å²) in [5.74, 6) is -0.0889. The second-order valence-electron chi connectivity index (χ2n) is 6.03. The molecule has 0 aliphatic rings. The predicted octanol–water partition coefficient (Wildman–Crippen LogP) is 3.44. The van der Waals surface area contributed by atoms with Crippen LogP contribution < -0.4 is 31.7 Å². The average molecular weight is 357 g/mol. The van der Waals surface area contributed by atoms with Crippen LogP contribution in [0.3, 0.4) is 0 Å². The van der Waals surface area contributed by atoms with Crippen LogP contribution in [-0.2, 0) is 0 Å². The highest BCUT2D eigenvalue weighted by atomic mass is 16.5. The summed E-state index contributed by atoms with van der Waals surface area (Å²) in [7, 11) is 5.54. The van der Waals surface area contributed by atoms with Gasteiger partial charge in [0, 0.05) is 26.8 Å². The van der Waals surface area contributed by atoms with Gasteiger partial charge in [0.25, 0.3) is 5.91 Å². The van der Waals surface area contributed by atoms with Crippen molar-refractivity contribution in [2.75, 3.05) is 42.4 Å². The van der Waals surface area contributed by atoms with Crippen LogP contribution >= 0.6 is 0 Å². The Bertz CT molecular complexity index is 764. The second-order valence-corrected chi connectivity index (χ2v) is 6.03. The van der Waals surface area contributed by atoms with Gasteiger partial charge in [0.05, 0.1) is 28.9 Å². The lowest BCUT2D eigenvalue weighted by molar-refractivity contribution is 0.0995. The van der Waals surface area contributed by atoms with Gasteiger partial charge in [-0.05, 0) is 38.1 Å². The molecule has 0 aliphatic carbocycles. The Morgan fingerprint density at radius 1 is 1.00 bits per heavy atom. The molecular formula is C19H27N5O2. The zero-order valence-corrected chi connectivity index (χ0v) is 15.9. The number of hydrogen-bond donors (Lipinski definition) is 5. The van der Waals surface area contributed by atoms with E-state index < -0.39 is 5.91 Å².